The highest BCUT2D eigenvalue weighted by Crippen LogP contribution is 2.25. The van der Waals surface area contributed by atoms with Gasteiger partial charge >= 0.3 is 0 Å². The number of allylic oxidation sites excluding steroid dienone is 2. The van der Waals surface area contributed by atoms with Crippen molar-refractivity contribution in [1.29, 1.82) is 0 Å². The molecule has 2 heterocycles. The van der Waals surface area contributed by atoms with Crippen LogP contribution in [0.25, 0.3) is 23.1 Å². The van der Waals surface area contributed by atoms with Crippen molar-refractivity contribution >= 4 is 34.6 Å². The van der Waals surface area contributed by atoms with Gasteiger partial charge in [-0.2, -0.15) is 0 Å². The third-order valence-corrected chi connectivity index (χ3v) is 4.95. The lowest BCUT2D eigenvalue weighted by molar-refractivity contribution is -0.121. The third-order valence-electron chi connectivity index (χ3n) is 4.95. The van der Waals surface area contributed by atoms with Crippen LogP contribution in [0.4, 0.5) is 0 Å². The molecule has 0 saturated heterocycles. The maximum atomic E-state index is 12.2. The van der Waals surface area contributed by atoms with E-state index in [-0.39, 0.29) is 30.3 Å². The van der Waals surface area contributed by atoms with E-state index in [2.05, 4.69) is 9.97 Å². The molecule has 0 atom stereocenters. The average Bonchev–Trinajstić information content (AvgIpc) is 3.29. The monoisotopic (exact) mass is 438 g/mol. The third kappa shape index (κ3) is 6.04. The number of fused-ring (bicyclic) bond motifs is 1. The molecule has 4 aromatic rings. The minimum absolute atomic E-state index is 0.0245. The number of hydrogen-bond acceptors (Lipinski definition) is 5. The quantitative estimate of drug-likeness (QED) is 0.280. The van der Waals surface area contributed by atoms with E-state index in [0.717, 1.165) is 22.2 Å². The molecule has 0 unspecified atom stereocenters. The summed E-state index contributed by atoms with van der Waals surface area (Å²) in [5, 5.41) is 11.3. The van der Waals surface area contributed by atoms with Crippen LogP contribution in [0.3, 0.4) is 0 Å². The zero-order valence-corrected chi connectivity index (χ0v) is 17.8. The average molecular weight is 438 g/mol. The summed E-state index contributed by atoms with van der Waals surface area (Å²) in [6, 6.07) is 18.1. The zero-order chi connectivity index (χ0) is 23.0. The number of nitrogens with zero attached hydrogens (tertiary/aromatic N) is 1. The van der Waals surface area contributed by atoms with Gasteiger partial charge in [-0.1, -0.05) is 24.3 Å². The maximum Gasteiger partial charge on any atom is 0.163 e. The second kappa shape index (κ2) is 10.2. The van der Waals surface area contributed by atoms with Gasteiger partial charge in [0.1, 0.15) is 18.1 Å². The molecule has 0 bridgehead atoms. The van der Waals surface area contributed by atoms with Gasteiger partial charge in [0.2, 0.25) is 0 Å². The molecule has 0 aliphatic heterocycles. The van der Waals surface area contributed by atoms with Crippen LogP contribution >= 0.6 is 0 Å². The summed E-state index contributed by atoms with van der Waals surface area (Å²) < 4.78 is 5.62. The predicted molar refractivity (Wildman–Crippen MR) is 128 cm³/mol. The number of aromatic hydroxyl groups is 1. The first-order valence-corrected chi connectivity index (χ1v) is 10.4. The zero-order valence-electron chi connectivity index (χ0n) is 17.8. The van der Waals surface area contributed by atoms with Crippen molar-refractivity contribution in [2.75, 3.05) is 0 Å². The van der Waals surface area contributed by atoms with Crippen molar-refractivity contribution in [3.05, 3.63) is 102 Å². The lowest BCUT2D eigenvalue weighted by Crippen LogP contribution is -2.02. The normalized spacial score (nSPS) is 11.4. The van der Waals surface area contributed by atoms with Gasteiger partial charge in [-0.05, 0) is 65.6 Å². The molecule has 0 spiro atoms. The highest BCUT2D eigenvalue weighted by atomic mass is 16.5. The van der Waals surface area contributed by atoms with Crippen molar-refractivity contribution < 1.29 is 19.4 Å². The fourth-order valence-electron chi connectivity index (χ4n) is 3.23. The number of rotatable bonds is 9. The maximum absolute atomic E-state index is 12.2. The number of aromatic amines is 1. The number of ether oxygens (including phenoxy) is 1. The Hall–Kier alpha value is -4.45. The van der Waals surface area contributed by atoms with Gasteiger partial charge in [0.15, 0.2) is 11.6 Å². The number of H-pyrrole nitrogens is 1. The van der Waals surface area contributed by atoms with E-state index in [1.165, 1.54) is 24.3 Å². The van der Waals surface area contributed by atoms with Crippen LogP contribution < -0.4 is 4.74 Å². The Morgan fingerprint density at radius 3 is 2.61 bits per heavy atom. The van der Waals surface area contributed by atoms with E-state index in [1.54, 1.807) is 24.4 Å². The number of ketones is 2. The van der Waals surface area contributed by atoms with Gasteiger partial charge in [0, 0.05) is 29.5 Å². The number of nitrogens with one attached hydrogen (secondary N) is 1. The van der Waals surface area contributed by atoms with Crippen LogP contribution in [0, 0.1) is 0 Å². The number of hydrogen-bond donors (Lipinski definition) is 2. The summed E-state index contributed by atoms with van der Waals surface area (Å²) in [5.74, 6) is -0.180. The lowest BCUT2D eigenvalue weighted by Gasteiger charge is -2.07. The van der Waals surface area contributed by atoms with Gasteiger partial charge in [-0.25, -0.2) is 0 Å². The van der Waals surface area contributed by atoms with E-state index in [9.17, 15) is 14.7 Å². The molecule has 0 saturated carbocycles. The van der Waals surface area contributed by atoms with Crippen molar-refractivity contribution in [3.8, 4) is 11.5 Å². The Bertz CT molecular complexity index is 1340. The topological polar surface area (TPSA) is 92.3 Å². The SMILES string of the molecule is O=C(C=Cc1ccc2cc[nH]c2c1)CC(=O)C=Cc1ccc(OCc2ccccn2)cc1O. The number of benzene rings is 2. The molecule has 33 heavy (non-hydrogen) atoms. The van der Waals surface area contributed by atoms with Gasteiger partial charge < -0.3 is 14.8 Å². The molecule has 6 heteroatoms. The molecule has 0 amide bonds. The number of carbonyl (C=O) groups excluding carboxylic acids is 2. The lowest BCUT2D eigenvalue weighted by atomic mass is 10.1. The number of phenolic OH excluding ortho intramolecular Hbond substituents is 1. The van der Waals surface area contributed by atoms with E-state index in [4.69, 9.17) is 4.74 Å². The molecule has 0 aliphatic carbocycles. The van der Waals surface area contributed by atoms with E-state index in [0.29, 0.717) is 11.3 Å². The first-order chi connectivity index (χ1) is 16.1. The fraction of sp³-hybridized carbons (Fsp3) is 0.0741. The van der Waals surface area contributed by atoms with Crippen molar-refractivity contribution in [3.63, 3.8) is 0 Å². The van der Waals surface area contributed by atoms with Crippen LogP contribution in [0.5, 0.6) is 11.5 Å². The molecule has 4 rings (SSSR count). The highest BCUT2D eigenvalue weighted by Gasteiger charge is 2.06. The summed E-state index contributed by atoms with van der Waals surface area (Å²) in [6.45, 7) is 0.280. The molecular formula is C27H22N2O4. The fourth-order valence-corrected chi connectivity index (χ4v) is 3.23. The Morgan fingerprint density at radius 1 is 0.970 bits per heavy atom. The molecular weight excluding hydrogens is 416 g/mol. The van der Waals surface area contributed by atoms with Gasteiger partial charge in [0.05, 0.1) is 12.1 Å². The number of phenols is 1. The first-order valence-electron chi connectivity index (χ1n) is 10.4. The number of carbonyl (C=O) groups is 2. The molecule has 6 nitrogen and oxygen atoms in total. The molecule has 164 valence electrons. The largest absolute Gasteiger partial charge is 0.507 e. The Labute approximate surface area is 190 Å². The minimum Gasteiger partial charge on any atom is -0.507 e. The second-order valence-corrected chi connectivity index (χ2v) is 7.43. The van der Waals surface area contributed by atoms with Crippen LogP contribution in [0.2, 0.25) is 0 Å². The Kier molecular flexibility index (Phi) is 6.75. The molecule has 2 aromatic heterocycles. The minimum atomic E-state index is -0.348. The number of aromatic nitrogens is 2. The van der Waals surface area contributed by atoms with Gasteiger partial charge in [-0.3, -0.25) is 14.6 Å². The van der Waals surface area contributed by atoms with Gasteiger partial charge in [-0.15, -0.1) is 0 Å². The molecule has 0 radical (unpaired) electrons. The second-order valence-electron chi connectivity index (χ2n) is 7.43. The van der Waals surface area contributed by atoms with Gasteiger partial charge in [0.25, 0.3) is 0 Å². The van der Waals surface area contributed by atoms with E-state index >= 15 is 0 Å². The predicted octanol–water partition coefficient (Wildman–Crippen LogP) is 5.10. The highest BCUT2D eigenvalue weighted by molar-refractivity contribution is 6.11. The standard InChI is InChI=1S/C27H22N2O4/c30-23(9-5-19-4-6-20-12-14-29-26(20)15-19)16-24(31)10-7-21-8-11-25(17-27(21)32)33-18-22-3-1-2-13-28-22/h1-15,17,29,32H,16,18H2. The van der Waals surface area contributed by atoms with E-state index < -0.39 is 0 Å². The van der Waals surface area contributed by atoms with Crippen LogP contribution in [-0.4, -0.2) is 26.6 Å². The Balaban J connectivity index is 1.30. The first kappa shape index (κ1) is 21.8. The molecule has 0 aliphatic rings. The summed E-state index contributed by atoms with van der Waals surface area (Å²) >= 11 is 0. The van der Waals surface area contributed by atoms with Crippen molar-refractivity contribution in [1.82, 2.24) is 9.97 Å². The van der Waals surface area contributed by atoms with Crippen molar-refractivity contribution in [2.45, 2.75) is 13.0 Å². The number of pyridine rings is 1. The van der Waals surface area contributed by atoms with Crippen LogP contribution in [0.15, 0.2) is 85.2 Å². The molecule has 0 fully saturated rings. The molecule has 2 N–H and O–H groups in total. The smallest absolute Gasteiger partial charge is 0.163 e. The summed E-state index contributed by atoms with van der Waals surface area (Å²) in [7, 11) is 0. The molecule has 2 aromatic carbocycles. The summed E-state index contributed by atoms with van der Waals surface area (Å²) in [6.07, 6.45) is 9.16. The van der Waals surface area contributed by atoms with Crippen LogP contribution in [0.1, 0.15) is 23.2 Å². The van der Waals surface area contributed by atoms with E-state index in [1.807, 2.05) is 48.7 Å². The van der Waals surface area contributed by atoms with Crippen molar-refractivity contribution in [2.24, 2.45) is 0 Å². The van der Waals surface area contributed by atoms with Crippen LogP contribution in [-0.2, 0) is 16.2 Å². The Morgan fingerprint density at radius 2 is 1.82 bits per heavy atom. The summed E-state index contributed by atoms with van der Waals surface area (Å²) in [5.41, 5.74) is 3.08. The summed E-state index contributed by atoms with van der Waals surface area (Å²) in [4.78, 5) is 31.6.